The number of anilines is 2. The Hall–Kier alpha value is -2.06. The number of benzene rings is 2. The molecule has 0 fully saturated rings. The molecule has 0 saturated carbocycles. The van der Waals surface area contributed by atoms with Crippen LogP contribution in [-0.2, 0) is 20.0 Å². The number of nitrogens with zero attached hydrogens (tertiary/aromatic N) is 1. The van der Waals surface area contributed by atoms with Crippen LogP contribution in [0.3, 0.4) is 0 Å². The van der Waals surface area contributed by atoms with Crippen LogP contribution in [0, 0.1) is 13.8 Å². The Bertz CT molecular complexity index is 954. The van der Waals surface area contributed by atoms with Crippen molar-refractivity contribution in [3.05, 3.63) is 53.6 Å². The Kier molecular flexibility index (Phi) is 7.23. The van der Waals surface area contributed by atoms with Crippen LogP contribution in [0.2, 0.25) is 0 Å². The summed E-state index contributed by atoms with van der Waals surface area (Å²) in [5.41, 5.74) is 2.21. The molecule has 2 rings (SSSR count). The second kappa shape index (κ2) is 8.55. The summed E-state index contributed by atoms with van der Waals surface area (Å²) in [4.78, 5) is 0.142. The van der Waals surface area contributed by atoms with E-state index >= 15 is 0 Å². The molecule has 0 atom stereocenters. The molecule has 2 aromatic carbocycles. The van der Waals surface area contributed by atoms with E-state index in [2.05, 4.69) is 4.72 Å². The summed E-state index contributed by atoms with van der Waals surface area (Å²) in [7, 11) is -5.76. The van der Waals surface area contributed by atoms with Crippen LogP contribution < -0.4 is 9.03 Å². The molecular weight excluding hydrogens is 372 g/mol. The van der Waals surface area contributed by atoms with Crippen molar-refractivity contribution in [1.29, 1.82) is 0 Å². The Balaban J connectivity index is 0.00000163. The van der Waals surface area contributed by atoms with E-state index < -0.39 is 20.0 Å². The highest BCUT2D eigenvalue weighted by Gasteiger charge is 2.19. The zero-order valence-corrected chi connectivity index (χ0v) is 17.6. The van der Waals surface area contributed by atoms with Gasteiger partial charge in [-0.15, -0.1) is 0 Å². The maximum Gasteiger partial charge on any atom is 0.261 e. The quantitative estimate of drug-likeness (QED) is 0.835. The first-order valence-electron chi connectivity index (χ1n) is 8.15. The third kappa shape index (κ3) is 5.22. The van der Waals surface area contributed by atoms with Gasteiger partial charge in [0, 0.05) is 7.05 Å². The summed E-state index contributed by atoms with van der Waals surface area (Å²) in [5, 5.41) is 0. The first kappa shape index (κ1) is 22.0. The van der Waals surface area contributed by atoms with Crippen molar-refractivity contribution < 1.29 is 16.8 Å². The van der Waals surface area contributed by atoms with Gasteiger partial charge in [0.2, 0.25) is 10.0 Å². The molecule has 26 heavy (non-hydrogen) atoms. The molecule has 8 heteroatoms. The molecular formula is C18H26N2O4S2. The Labute approximate surface area is 157 Å². The SMILES string of the molecule is CC.Cc1cc(C)c(N(C)S(C)(=O)=O)cc1NS(=O)(=O)c1ccccc1. The van der Waals surface area contributed by atoms with E-state index in [-0.39, 0.29) is 4.90 Å². The van der Waals surface area contributed by atoms with Gasteiger partial charge in [0.1, 0.15) is 0 Å². The predicted octanol–water partition coefficient (Wildman–Crippen LogP) is 3.53. The lowest BCUT2D eigenvalue weighted by Crippen LogP contribution is -2.26. The van der Waals surface area contributed by atoms with Gasteiger partial charge in [0.15, 0.2) is 0 Å². The third-order valence-corrected chi connectivity index (χ3v) is 6.25. The molecule has 6 nitrogen and oxygen atoms in total. The van der Waals surface area contributed by atoms with Crippen LogP contribution in [0.5, 0.6) is 0 Å². The lowest BCUT2D eigenvalue weighted by atomic mass is 10.1. The second-order valence-electron chi connectivity index (χ2n) is 5.60. The number of hydrogen-bond acceptors (Lipinski definition) is 4. The largest absolute Gasteiger partial charge is 0.279 e. The summed E-state index contributed by atoms with van der Waals surface area (Å²) >= 11 is 0. The molecule has 1 N–H and O–H groups in total. The predicted molar refractivity (Wildman–Crippen MR) is 108 cm³/mol. The molecule has 0 heterocycles. The lowest BCUT2D eigenvalue weighted by Gasteiger charge is -2.21. The molecule has 0 amide bonds. The lowest BCUT2D eigenvalue weighted by molar-refractivity contribution is 0.599. The molecule has 0 aliphatic heterocycles. The van der Waals surface area contributed by atoms with E-state index in [0.29, 0.717) is 16.9 Å². The standard InChI is InChI=1S/C16H20N2O4S2.C2H6/c1-12-10-13(2)16(18(3)23(4,19)20)11-15(12)17-24(21,22)14-8-6-5-7-9-14;1-2/h5-11,17H,1-4H3;1-2H3. The summed E-state index contributed by atoms with van der Waals surface area (Å²) < 4.78 is 52.2. The van der Waals surface area contributed by atoms with E-state index in [9.17, 15) is 16.8 Å². The van der Waals surface area contributed by atoms with Crippen molar-refractivity contribution in [3.8, 4) is 0 Å². The van der Waals surface area contributed by atoms with Gasteiger partial charge in [0.25, 0.3) is 10.0 Å². The fraction of sp³-hybridized carbons (Fsp3) is 0.333. The monoisotopic (exact) mass is 398 g/mol. The van der Waals surface area contributed by atoms with Gasteiger partial charge in [-0.25, -0.2) is 16.8 Å². The molecule has 0 saturated heterocycles. The fourth-order valence-corrected chi connectivity index (χ4v) is 3.97. The Morgan fingerprint density at radius 2 is 1.42 bits per heavy atom. The normalized spacial score (nSPS) is 11.3. The maximum atomic E-state index is 12.5. The van der Waals surface area contributed by atoms with E-state index in [4.69, 9.17) is 0 Å². The van der Waals surface area contributed by atoms with Crippen molar-refractivity contribution in [3.63, 3.8) is 0 Å². The number of aryl methyl sites for hydroxylation is 2. The van der Waals surface area contributed by atoms with Crippen molar-refractivity contribution in [2.75, 3.05) is 22.3 Å². The molecule has 0 aliphatic carbocycles. The summed E-state index contributed by atoms with van der Waals surface area (Å²) in [6.07, 6.45) is 1.10. The third-order valence-electron chi connectivity index (χ3n) is 3.68. The first-order chi connectivity index (χ1) is 12.0. The van der Waals surface area contributed by atoms with E-state index in [1.165, 1.54) is 25.2 Å². The smallest absolute Gasteiger partial charge is 0.261 e. The minimum Gasteiger partial charge on any atom is -0.279 e. The summed E-state index contributed by atoms with van der Waals surface area (Å²) in [6.45, 7) is 7.54. The molecule has 0 radical (unpaired) electrons. The van der Waals surface area contributed by atoms with Crippen LogP contribution in [0.1, 0.15) is 25.0 Å². The minimum atomic E-state index is -3.74. The van der Waals surface area contributed by atoms with Gasteiger partial charge < -0.3 is 0 Å². The van der Waals surface area contributed by atoms with Gasteiger partial charge in [-0.05, 0) is 43.2 Å². The van der Waals surface area contributed by atoms with Crippen LogP contribution in [0.4, 0.5) is 11.4 Å². The Morgan fingerprint density at radius 1 is 0.885 bits per heavy atom. The number of hydrogen-bond donors (Lipinski definition) is 1. The molecule has 0 unspecified atom stereocenters. The van der Waals surface area contributed by atoms with E-state index in [1.54, 1.807) is 38.1 Å². The van der Waals surface area contributed by atoms with Crippen molar-refractivity contribution in [2.45, 2.75) is 32.6 Å². The van der Waals surface area contributed by atoms with Gasteiger partial charge in [-0.1, -0.05) is 38.1 Å². The van der Waals surface area contributed by atoms with E-state index in [1.807, 2.05) is 13.8 Å². The zero-order chi connectivity index (χ0) is 20.1. The van der Waals surface area contributed by atoms with E-state index in [0.717, 1.165) is 16.1 Å². The highest BCUT2D eigenvalue weighted by atomic mass is 32.2. The fourth-order valence-electron chi connectivity index (χ4n) is 2.27. The van der Waals surface area contributed by atoms with Crippen LogP contribution >= 0.6 is 0 Å². The van der Waals surface area contributed by atoms with Crippen molar-refractivity contribution >= 4 is 31.4 Å². The molecule has 0 aromatic heterocycles. The molecule has 0 aliphatic rings. The molecule has 0 spiro atoms. The molecule has 2 aromatic rings. The average Bonchev–Trinajstić information content (AvgIpc) is 2.58. The molecule has 144 valence electrons. The maximum absolute atomic E-state index is 12.5. The minimum absolute atomic E-state index is 0.142. The summed E-state index contributed by atoms with van der Waals surface area (Å²) in [6, 6.07) is 11.3. The average molecular weight is 399 g/mol. The topological polar surface area (TPSA) is 83.6 Å². The first-order valence-corrected chi connectivity index (χ1v) is 11.5. The van der Waals surface area contributed by atoms with Gasteiger partial charge in [-0.2, -0.15) is 0 Å². The number of nitrogens with one attached hydrogen (secondary N) is 1. The van der Waals surface area contributed by atoms with Crippen LogP contribution in [0.25, 0.3) is 0 Å². The molecule has 0 bridgehead atoms. The van der Waals surface area contributed by atoms with Gasteiger partial charge >= 0.3 is 0 Å². The zero-order valence-electron chi connectivity index (χ0n) is 15.9. The van der Waals surface area contributed by atoms with Gasteiger partial charge in [-0.3, -0.25) is 9.03 Å². The van der Waals surface area contributed by atoms with Crippen LogP contribution in [-0.4, -0.2) is 30.1 Å². The van der Waals surface area contributed by atoms with Crippen LogP contribution in [0.15, 0.2) is 47.4 Å². The highest BCUT2D eigenvalue weighted by Crippen LogP contribution is 2.29. The van der Waals surface area contributed by atoms with Crippen molar-refractivity contribution in [2.24, 2.45) is 0 Å². The Morgan fingerprint density at radius 3 is 1.92 bits per heavy atom. The summed E-state index contributed by atoms with van der Waals surface area (Å²) in [5.74, 6) is 0. The highest BCUT2D eigenvalue weighted by molar-refractivity contribution is 7.92. The van der Waals surface area contributed by atoms with Crippen molar-refractivity contribution in [1.82, 2.24) is 0 Å². The van der Waals surface area contributed by atoms with Gasteiger partial charge in [0.05, 0.1) is 22.5 Å². The number of rotatable bonds is 5. The second-order valence-corrected chi connectivity index (χ2v) is 9.30. The number of sulfonamides is 2.